The van der Waals surface area contributed by atoms with Gasteiger partial charge in [-0.3, -0.25) is 4.79 Å². The van der Waals surface area contributed by atoms with Gasteiger partial charge < -0.3 is 14.7 Å². The van der Waals surface area contributed by atoms with Crippen molar-refractivity contribution in [2.24, 2.45) is 11.1 Å². The van der Waals surface area contributed by atoms with Crippen molar-refractivity contribution in [3.8, 4) is 0 Å². The minimum Gasteiger partial charge on any atom is -0.481 e. The number of carbonyl (C=O) groups is 1. The molecule has 2 rings (SSSR count). The summed E-state index contributed by atoms with van der Waals surface area (Å²) in [5.41, 5.74) is 0.372. The highest BCUT2D eigenvalue weighted by Gasteiger charge is 2.37. The topological polar surface area (TPSA) is 110 Å². The van der Waals surface area contributed by atoms with Crippen LogP contribution in [0, 0.1) is 5.92 Å². The molecule has 2 unspecified atom stereocenters. The smallest absolute Gasteiger partial charge is 0.311 e. The van der Waals surface area contributed by atoms with Crippen LogP contribution in [-0.2, 0) is 19.6 Å². The Morgan fingerprint density at radius 3 is 2.65 bits per heavy atom. The zero-order valence-corrected chi connectivity index (χ0v) is 11.7. The van der Waals surface area contributed by atoms with Crippen LogP contribution >= 0.6 is 0 Å². The molecule has 0 bridgehead atoms. The van der Waals surface area contributed by atoms with E-state index in [2.05, 4.69) is 0 Å². The number of carboxylic acids is 1. The minimum atomic E-state index is -3.88. The van der Waals surface area contributed by atoms with E-state index in [0.717, 1.165) is 0 Å². The average Bonchev–Trinajstić information content (AvgIpc) is 2.86. The summed E-state index contributed by atoms with van der Waals surface area (Å²) in [7, 11) is -2.24. The van der Waals surface area contributed by atoms with Crippen LogP contribution in [0.5, 0.6) is 0 Å². The first-order valence-corrected chi connectivity index (χ1v) is 7.52. The summed E-state index contributed by atoms with van der Waals surface area (Å²) in [5, 5.41) is 14.3. The zero-order valence-electron chi connectivity index (χ0n) is 10.9. The molecule has 110 valence electrons. The third-order valence-electron chi connectivity index (χ3n) is 3.42. The first-order chi connectivity index (χ1) is 9.32. The van der Waals surface area contributed by atoms with E-state index in [1.54, 1.807) is 30.1 Å². The van der Waals surface area contributed by atoms with Crippen LogP contribution in [0.1, 0.15) is 0 Å². The Kier molecular flexibility index (Phi) is 3.98. The molecule has 1 aliphatic heterocycles. The number of rotatable bonds is 4. The minimum absolute atomic E-state index is 0.0291. The zero-order chi connectivity index (χ0) is 14.9. The summed E-state index contributed by atoms with van der Waals surface area (Å²) < 4.78 is 28.4. The van der Waals surface area contributed by atoms with Crippen LogP contribution in [0.2, 0.25) is 0 Å². The van der Waals surface area contributed by atoms with Gasteiger partial charge in [0.2, 0.25) is 10.0 Å². The number of hydrogen-bond acceptors (Lipinski definition) is 5. The third kappa shape index (κ3) is 2.77. The molecule has 1 aromatic carbocycles. The van der Waals surface area contributed by atoms with Crippen LogP contribution in [0.4, 0.5) is 5.69 Å². The highest BCUT2D eigenvalue weighted by atomic mass is 32.2. The van der Waals surface area contributed by atoms with E-state index in [0.29, 0.717) is 5.69 Å². The predicted molar refractivity (Wildman–Crippen MR) is 72.0 cm³/mol. The molecule has 8 heteroatoms. The lowest BCUT2D eigenvalue weighted by molar-refractivity contribution is -0.141. The van der Waals surface area contributed by atoms with Gasteiger partial charge in [0.05, 0.1) is 24.9 Å². The molecule has 1 saturated heterocycles. The van der Waals surface area contributed by atoms with Gasteiger partial charge in [-0.2, -0.15) is 0 Å². The molecule has 1 fully saturated rings. The van der Waals surface area contributed by atoms with E-state index in [1.165, 1.54) is 6.07 Å². The predicted octanol–water partition coefficient (Wildman–Crippen LogP) is -0.130. The van der Waals surface area contributed by atoms with Crippen molar-refractivity contribution < 1.29 is 23.1 Å². The van der Waals surface area contributed by atoms with Gasteiger partial charge in [-0.25, -0.2) is 13.6 Å². The quantitative estimate of drug-likeness (QED) is 0.801. The Labute approximate surface area is 117 Å². The first-order valence-electron chi connectivity index (χ1n) is 5.97. The molecule has 1 aliphatic rings. The molecular formula is C12H16N2O5S. The first kappa shape index (κ1) is 14.8. The molecule has 20 heavy (non-hydrogen) atoms. The Hall–Kier alpha value is -1.64. The van der Waals surface area contributed by atoms with Crippen LogP contribution < -0.4 is 10.0 Å². The largest absolute Gasteiger partial charge is 0.481 e. The number of benzene rings is 1. The molecule has 7 nitrogen and oxygen atoms in total. The number of hydrogen-bond donors (Lipinski definition) is 2. The number of nitrogens with zero attached hydrogens (tertiary/aromatic N) is 1. The van der Waals surface area contributed by atoms with Gasteiger partial charge in [0, 0.05) is 7.05 Å². The van der Waals surface area contributed by atoms with Crippen molar-refractivity contribution in [3.05, 3.63) is 24.3 Å². The lowest BCUT2D eigenvalue weighted by Crippen LogP contribution is -2.41. The van der Waals surface area contributed by atoms with Crippen LogP contribution in [-0.4, -0.2) is 45.8 Å². The molecule has 0 spiro atoms. The van der Waals surface area contributed by atoms with E-state index in [4.69, 9.17) is 15.0 Å². The number of likely N-dealkylation sites (N-methyl/N-ethyl adjacent to an activating group) is 1. The second-order valence-corrected chi connectivity index (χ2v) is 6.20. The molecule has 3 N–H and O–H groups in total. The van der Waals surface area contributed by atoms with Gasteiger partial charge in [-0.1, -0.05) is 12.1 Å². The highest BCUT2D eigenvalue weighted by molar-refractivity contribution is 7.89. The Bertz CT molecular complexity index is 616. The van der Waals surface area contributed by atoms with E-state index in [9.17, 15) is 13.2 Å². The second kappa shape index (κ2) is 5.39. The fourth-order valence-electron chi connectivity index (χ4n) is 2.33. The normalized spacial score (nSPS) is 22.7. The maximum atomic E-state index is 11.6. The summed E-state index contributed by atoms with van der Waals surface area (Å²) >= 11 is 0. The van der Waals surface area contributed by atoms with Crippen molar-refractivity contribution in [1.82, 2.24) is 0 Å². The molecule has 2 atom stereocenters. The van der Waals surface area contributed by atoms with Crippen molar-refractivity contribution >= 4 is 21.7 Å². The number of anilines is 1. The van der Waals surface area contributed by atoms with E-state index < -0.39 is 28.0 Å². The van der Waals surface area contributed by atoms with Gasteiger partial charge in [-0.15, -0.1) is 0 Å². The Balaban J connectivity index is 2.39. The van der Waals surface area contributed by atoms with Gasteiger partial charge in [0.1, 0.15) is 10.8 Å². The number of carboxylic acid groups (broad SMARTS) is 1. The Morgan fingerprint density at radius 2 is 2.05 bits per heavy atom. The van der Waals surface area contributed by atoms with Gasteiger partial charge in [0.15, 0.2) is 0 Å². The van der Waals surface area contributed by atoms with Crippen LogP contribution in [0.3, 0.4) is 0 Å². The summed E-state index contributed by atoms with van der Waals surface area (Å²) in [6, 6.07) is 5.79. The fraction of sp³-hybridized carbons (Fsp3) is 0.417. The molecule has 0 amide bonds. The lowest BCUT2D eigenvalue weighted by Gasteiger charge is -2.29. The summed E-state index contributed by atoms with van der Waals surface area (Å²) in [6.07, 6.45) is 0. The molecule has 0 aromatic heterocycles. The SMILES string of the molecule is CN(c1ccccc1S(N)(=O)=O)C1COCC1C(=O)O. The maximum Gasteiger partial charge on any atom is 0.311 e. The summed E-state index contributed by atoms with van der Waals surface area (Å²) in [4.78, 5) is 12.8. The van der Waals surface area contributed by atoms with Crippen molar-refractivity contribution in [1.29, 1.82) is 0 Å². The number of nitrogens with two attached hydrogens (primary N) is 1. The van der Waals surface area contributed by atoms with Gasteiger partial charge in [-0.05, 0) is 12.1 Å². The standard InChI is InChI=1S/C12H16N2O5S/c1-14(10-7-19-6-8(10)12(15)16)9-4-2-3-5-11(9)20(13,17)18/h2-5,8,10H,6-7H2,1H3,(H,15,16)(H2,13,17,18). The highest BCUT2D eigenvalue weighted by Crippen LogP contribution is 2.29. The molecule has 1 heterocycles. The van der Waals surface area contributed by atoms with E-state index in [-0.39, 0.29) is 18.1 Å². The third-order valence-corrected chi connectivity index (χ3v) is 4.38. The van der Waals surface area contributed by atoms with E-state index in [1.807, 2.05) is 0 Å². The molecule has 0 radical (unpaired) electrons. The molecule has 0 aliphatic carbocycles. The number of aliphatic carboxylic acids is 1. The van der Waals surface area contributed by atoms with Crippen LogP contribution in [0.25, 0.3) is 0 Å². The van der Waals surface area contributed by atoms with Gasteiger partial charge in [0.25, 0.3) is 0 Å². The maximum absolute atomic E-state index is 11.6. The molecule has 1 aromatic rings. The molecule has 0 saturated carbocycles. The van der Waals surface area contributed by atoms with E-state index >= 15 is 0 Å². The monoisotopic (exact) mass is 300 g/mol. The number of ether oxygens (including phenoxy) is 1. The molecular weight excluding hydrogens is 284 g/mol. The lowest BCUT2D eigenvalue weighted by atomic mass is 10.0. The van der Waals surface area contributed by atoms with Crippen molar-refractivity contribution in [3.63, 3.8) is 0 Å². The second-order valence-electron chi connectivity index (χ2n) is 4.67. The van der Waals surface area contributed by atoms with Gasteiger partial charge >= 0.3 is 5.97 Å². The van der Waals surface area contributed by atoms with Crippen LogP contribution in [0.15, 0.2) is 29.2 Å². The Morgan fingerprint density at radius 1 is 1.40 bits per heavy atom. The number of sulfonamides is 1. The van der Waals surface area contributed by atoms with Crippen molar-refractivity contribution in [2.45, 2.75) is 10.9 Å². The summed E-state index contributed by atoms with van der Waals surface area (Å²) in [6.45, 7) is 0.342. The fourth-order valence-corrected chi connectivity index (χ4v) is 3.10. The number of primary sulfonamides is 1. The average molecular weight is 300 g/mol. The summed E-state index contributed by atoms with van der Waals surface area (Å²) in [5.74, 6) is -1.67. The number of para-hydroxylation sites is 1. The van der Waals surface area contributed by atoms with Crippen molar-refractivity contribution in [2.75, 3.05) is 25.2 Å².